The average Bonchev–Trinajstić information content (AvgIpc) is 3.43. The molecule has 8 heteroatoms. The normalized spacial score (nSPS) is 19.9. The van der Waals surface area contributed by atoms with Crippen LogP contribution in [0.5, 0.6) is 0 Å². The van der Waals surface area contributed by atoms with E-state index in [1.165, 1.54) is 0 Å². The molecule has 1 aromatic heterocycles. The second-order valence-corrected chi connectivity index (χ2v) is 10.3. The highest BCUT2D eigenvalue weighted by atomic mass is 32.1. The first-order chi connectivity index (χ1) is 15.3. The van der Waals surface area contributed by atoms with Crippen LogP contribution in [0.1, 0.15) is 39.3 Å². The first-order valence-electron chi connectivity index (χ1n) is 11.3. The molecular weight excluding hydrogens is 424 g/mol. The van der Waals surface area contributed by atoms with Gasteiger partial charge in [0.05, 0.1) is 5.69 Å². The molecule has 1 aromatic carbocycles. The summed E-state index contributed by atoms with van der Waals surface area (Å²) in [7, 11) is 0. The van der Waals surface area contributed by atoms with E-state index in [4.69, 9.17) is 9.72 Å². The van der Waals surface area contributed by atoms with Crippen molar-refractivity contribution in [2.45, 2.75) is 51.8 Å². The average molecular weight is 457 g/mol. The van der Waals surface area contributed by atoms with Gasteiger partial charge in [-0.15, -0.1) is 11.3 Å². The molecule has 1 atom stereocenters. The van der Waals surface area contributed by atoms with Crippen LogP contribution in [0.25, 0.3) is 10.6 Å². The summed E-state index contributed by atoms with van der Waals surface area (Å²) in [5, 5.41) is 3.16. The van der Waals surface area contributed by atoms with Crippen LogP contribution in [-0.2, 0) is 16.1 Å². The number of likely N-dealkylation sites (tertiary alicyclic amines) is 1. The molecule has 0 N–H and O–H groups in total. The van der Waals surface area contributed by atoms with Crippen LogP contribution in [-0.4, -0.2) is 76.1 Å². The van der Waals surface area contributed by atoms with Crippen molar-refractivity contribution >= 4 is 23.3 Å². The molecule has 2 amide bonds. The van der Waals surface area contributed by atoms with Gasteiger partial charge < -0.3 is 9.64 Å². The zero-order valence-electron chi connectivity index (χ0n) is 19.1. The van der Waals surface area contributed by atoms with Crippen molar-refractivity contribution in [2.75, 3.05) is 32.7 Å². The third kappa shape index (κ3) is 5.48. The van der Waals surface area contributed by atoms with E-state index in [1.807, 2.05) is 43.9 Å². The fourth-order valence-electron chi connectivity index (χ4n) is 4.22. The zero-order chi connectivity index (χ0) is 22.7. The van der Waals surface area contributed by atoms with E-state index in [-0.39, 0.29) is 12.0 Å². The minimum Gasteiger partial charge on any atom is -0.444 e. The summed E-state index contributed by atoms with van der Waals surface area (Å²) >= 11 is 1.67. The molecule has 0 unspecified atom stereocenters. The van der Waals surface area contributed by atoms with Gasteiger partial charge in [0.2, 0.25) is 5.91 Å². The molecule has 0 radical (unpaired) electrons. The molecule has 32 heavy (non-hydrogen) atoms. The van der Waals surface area contributed by atoms with Gasteiger partial charge in [-0.1, -0.05) is 30.3 Å². The van der Waals surface area contributed by atoms with Crippen LogP contribution < -0.4 is 0 Å². The number of amides is 2. The quantitative estimate of drug-likeness (QED) is 0.699. The van der Waals surface area contributed by atoms with Crippen LogP contribution >= 0.6 is 11.3 Å². The smallest absolute Gasteiger partial charge is 0.410 e. The SMILES string of the molecule is CC(C)(C)OC(=O)N1CCC[C@H]1C(=O)N1CCN(Cc2csc(-c3ccccc3)n2)CC1. The van der Waals surface area contributed by atoms with Gasteiger partial charge in [0.1, 0.15) is 16.7 Å². The molecule has 2 saturated heterocycles. The number of ether oxygens (including phenoxy) is 1. The highest BCUT2D eigenvalue weighted by Gasteiger charge is 2.39. The van der Waals surface area contributed by atoms with Gasteiger partial charge >= 0.3 is 6.09 Å². The van der Waals surface area contributed by atoms with Crippen molar-refractivity contribution in [2.24, 2.45) is 0 Å². The Balaban J connectivity index is 1.29. The number of thiazole rings is 1. The molecule has 0 spiro atoms. The number of nitrogens with zero attached hydrogens (tertiary/aromatic N) is 4. The third-order valence-corrected chi connectivity index (χ3v) is 6.75. The number of hydrogen-bond donors (Lipinski definition) is 0. The highest BCUT2D eigenvalue weighted by Crippen LogP contribution is 2.25. The second-order valence-electron chi connectivity index (χ2n) is 9.44. The predicted molar refractivity (Wildman–Crippen MR) is 125 cm³/mol. The van der Waals surface area contributed by atoms with Crippen molar-refractivity contribution < 1.29 is 14.3 Å². The summed E-state index contributed by atoms with van der Waals surface area (Å²) in [6.07, 6.45) is 1.16. The maximum atomic E-state index is 13.2. The maximum absolute atomic E-state index is 13.2. The number of aromatic nitrogens is 1. The molecule has 3 heterocycles. The van der Waals surface area contributed by atoms with Gasteiger partial charge in [-0.2, -0.15) is 0 Å². The molecule has 7 nitrogen and oxygen atoms in total. The molecule has 2 fully saturated rings. The Kier molecular flexibility index (Phi) is 6.81. The predicted octanol–water partition coefficient (Wildman–Crippen LogP) is 3.85. The molecule has 2 aromatic rings. The summed E-state index contributed by atoms with van der Waals surface area (Å²) in [6, 6.07) is 9.83. The van der Waals surface area contributed by atoms with Crippen molar-refractivity contribution in [3.8, 4) is 10.6 Å². The zero-order valence-corrected chi connectivity index (χ0v) is 19.9. The first kappa shape index (κ1) is 22.7. The fourth-order valence-corrected chi connectivity index (χ4v) is 5.04. The van der Waals surface area contributed by atoms with Crippen LogP contribution in [0.15, 0.2) is 35.7 Å². The lowest BCUT2D eigenvalue weighted by Gasteiger charge is -2.37. The molecule has 4 rings (SSSR count). The molecule has 0 saturated carbocycles. The van der Waals surface area contributed by atoms with Crippen LogP contribution in [0.2, 0.25) is 0 Å². The van der Waals surface area contributed by atoms with E-state index in [9.17, 15) is 9.59 Å². The number of rotatable bonds is 4. The van der Waals surface area contributed by atoms with E-state index in [0.717, 1.165) is 42.3 Å². The molecular formula is C24H32N4O3S. The van der Waals surface area contributed by atoms with Crippen LogP contribution in [0.4, 0.5) is 4.79 Å². The summed E-state index contributed by atoms with van der Waals surface area (Å²) in [5.74, 6) is 0.0491. The highest BCUT2D eigenvalue weighted by molar-refractivity contribution is 7.13. The number of hydrogen-bond acceptors (Lipinski definition) is 6. The van der Waals surface area contributed by atoms with E-state index in [2.05, 4.69) is 22.4 Å². The maximum Gasteiger partial charge on any atom is 0.410 e. The molecule has 2 aliphatic rings. The molecule has 0 aliphatic carbocycles. The van der Waals surface area contributed by atoms with Crippen LogP contribution in [0, 0.1) is 0 Å². The van der Waals surface area contributed by atoms with E-state index in [0.29, 0.717) is 26.1 Å². The Morgan fingerprint density at radius 3 is 2.50 bits per heavy atom. The van der Waals surface area contributed by atoms with Crippen molar-refractivity contribution in [3.63, 3.8) is 0 Å². The Morgan fingerprint density at radius 1 is 1.09 bits per heavy atom. The molecule has 172 valence electrons. The lowest BCUT2D eigenvalue weighted by molar-refractivity contribution is -0.137. The molecule has 0 bridgehead atoms. The van der Waals surface area contributed by atoms with Gasteiger partial charge in [-0.25, -0.2) is 9.78 Å². The number of carbonyl (C=O) groups is 2. The summed E-state index contributed by atoms with van der Waals surface area (Å²) in [6.45, 7) is 9.89. The van der Waals surface area contributed by atoms with E-state index in [1.54, 1.807) is 16.2 Å². The van der Waals surface area contributed by atoms with Crippen molar-refractivity contribution in [1.29, 1.82) is 0 Å². The Hall–Kier alpha value is -2.45. The lowest BCUT2D eigenvalue weighted by Crippen LogP contribution is -2.54. The van der Waals surface area contributed by atoms with Crippen molar-refractivity contribution in [1.82, 2.24) is 19.7 Å². The monoisotopic (exact) mass is 456 g/mol. The third-order valence-electron chi connectivity index (χ3n) is 5.81. The van der Waals surface area contributed by atoms with Gasteiger partial charge in [0.15, 0.2) is 0 Å². The van der Waals surface area contributed by atoms with Gasteiger partial charge in [-0.05, 0) is 33.6 Å². The Labute approximate surface area is 194 Å². The molecule has 2 aliphatic heterocycles. The van der Waals surface area contributed by atoms with Crippen molar-refractivity contribution in [3.05, 3.63) is 41.4 Å². The summed E-state index contributed by atoms with van der Waals surface area (Å²) < 4.78 is 5.51. The van der Waals surface area contributed by atoms with Gasteiger partial charge in [0, 0.05) is 50.2 Å². The topological polar surface area (TPSA) is 66.0 Å². The number of piperazine rings is 1. The minimum atomic E-state index is -0.561. The Morgan fingerprint density at radius 2 is 1.81 bits per heavy atom. The van der Waals surface area contributed by atoms with E-state index >= 15 is 0 Å². The summed E-state index contributed by atoms with van der Waals surface area (Å²) in [5.41, 5.74) is 1.65. The fraction of sp³-hybridized carbons (Fsp3) is 0.542. The summed E-state index contributed by atoms with van der Waals surface area (Å²) in [4.78, 5) is 36.3. The first-order valence-corrected chi connectivity index (χ1v) is 12.2. The largest absolute Gasteiger partial charge is 0.444 e. The van der Waals surface area contributed by atoms with E-state index < -0.39 is 11.6 Å². The second kappa shape index (κ2) is 9.58. The number of carbonyl (C=O) groups excluding carboxylic acids is 2. The van der Waals surface area contributed by atoms with Gasteiger partial charge in [0.25, 0.3) is 0 Å². The standard InChI is InChI=1S/C24H32N4O3S/c1-24(2,3)31-23(30)28-11-7-10-20(28)22(29)27-14-12-26(13-15-27)16-19-17-32-21(25-19)18-8-5-4-6-9-18/h4-6,8-9,17,20H,7,10-16H2,1-3H3/t20-/m0/s1. The minimum absolute atomic E-state index is 0.0491. The number of benzene rings is 1. The van der Waals surface area contributed by atoms with Crippen LogP contribution in [0.3, 0.4) is 0 Å². The Bertz CT molecular complexity index is 932. The van der Waals surface area contributed by atoms with Gasteiger partial charge in [-0.3, -0.25) is 14.6 Å². The lowest BCUT2D eigenvalue weighted by atomic mass is 10.1.